The first-order chi connectivity index (χ1) is 34.4. The quantitative estimate of drug-likeness (QED) is 0.0793. The Hall–Kier alpha value is -8.26. The Kier molecular flexibility index (Phi) is 15.2. The number of tetrazole rings is 1. The summed E-state index contributed by atoms with van der Waals surface area (Å²) in [6, 6.07) is 42.6. The number of imidazole rings is 2. The van der Waals surface area contributed by atoms with Crippen LogP contribution in [0.3, 0.4) is 0 Å². The minimum atomic E-state index is -0.976. The Labute approximate surface area is 413 Å². The number of carbonyl (C=O) groups excluding carboxylic acids is 1. The molecule has 0 aliphatic carbocycles. The molecule has 14 nitrogen and oxygen atoms in total. The van der Waals surface area contributed by atoms with Crippen molar-refractivity contribution in [2.45, 2.75) is 85.9 Å². The van der Waals surface area contributed by atoms with Crippen molar-refractivity contribution in [3.63, 3.8) is 0 Å². The number of aromatic nitrogens is 8. The number of aliphatic carboxylic acids is 1. The van der Waals surface area contributed by atoms with Gasteiger partial charge in [-0.05, 0) is 100 Å². The molecule has 6 aromatic carbocycles. The number of para-hydroxylation sites is 2. The highest BCUT2D eigenvalue weighted by atomic mass is 16.4. The number of aromatic carboxylic acids is 1. The number of aryl methyl sites for hydroxylation is 3. The number of fused-ring (bicyclic) bond motifs is 2. The second-order valence-corrected chi connectivity index (χ2v) is 18.2. The van der Waals surface area contributed by atoms with Crippen LogP contribution in [0.5, 0.6) is 0 Å². The maximum Gasteiger partial charge on any atom is 0.336 e. The minimum Gasteiger partial charge on any atom is -0.480 e. The van der Waals surface area contributed by atoms with E-state index in [9.17, 15) is 24.6 Å². The minimum absolute atomic E-state index is 0.125. The van der Waals surface area contributed by atoms with Gasteiger partial charge in [0.2, 0.25) is 11.7 Å². The van der Waals surface area contributed by atoms with Gasteiger partial charge in [-0.15, -0.1) is 10.2 Å². The lowest BCUT2D eigenvalue weighted by Crippen LogP contribution is -2.47. The number of carboxylic acid groups (broad SMARTS) is 2. The summed E-state index contributed by atoms with van der Waals surface area (Å²) >= 11 is 0. The van der Waals surface area contributed by atoms with Crippen molar-refractivity contribution in [2.75, 3.05) is 0 Å². The Balaban J connectivity index is 0.000000195. The third-order valence-corrected chi connectivity index (χ3v) is 12.8. The van der Waals surface area contributed by atoms with E-state index in [1.54, 1.807) is 12.1 Å². The SMILES string of the molecule is CCCCC(=O)N(Cc1ccc(-c2ccccc2-c2nn[nH]n2)cc1)[C@H](C(=O)O)C(C)C.CCCc1nc2c(C)cc(-c3nc4ccccc4n3C)cc2n1Cc1ccc(-c2ccccc2C(=O)O)cc1. The molecule has 0 saturated heterocycles. The molecule has 0 saturated carbocycles. The normalized spacial score (nSPS) is 11.7. The van der Waals surface area contributed by atoms with E-state index in [4.69, 9.17) is 9.97 Å². The van der Waals surface area contributed by atoms with E-state index in [2.05, 4.69) is 81.0 Å². The van der Waals surface area contributed by atoms with Crippen LogP contribution in [0.2, 0.25) is 0 Å². The number of aromatic amines is 1. The molecule has 71 heavy (non-hydrogen) atoms. The number of amides is 1. The van der Waals surface area contributed by atoms with Gasteiger partial charge < -0.3 is 24.2 Å². The molecule has 9 aromatic rings. The van der Waals surface area contributed by atoms with Gasteiger partial charge in [-0.25, -0.2) is 19.6 Å². The van der Waals surface area contributed by atoms with Crippen molar-refractivity contribution in [1.29, 1.82) is 0 Å². The summed E-state index contributed by atoms with van der Waals surface area (Å²) in [5.41, 5.74) is 13.1. The van der Waals surface area contributed by atoms with E-state index < -0.39 is 18.0 Å². The second kappa shape index (κ2) is 22.0. The van der Waals surface area contributed by atoms with Crippen LogP contribution in [-0.2, 0) is 36.1 Å². The van der Waals surface area contributed by atoms with Gasteiger partial charge in [0.15, 0.2) is 0 Å². The number of rotatable bonds is 17. The number of benzene rings is 6. The monoisotopic (exact) mass is 949 g/mol. The molecule has 3 N–H and O–H groups in total. The molecule has 3 aromatic heterocycles. The van der Waals surface area contributed by atoms with Gasteiger partial charge >= 0.3 is 11.9 Å². The van der Waals surface area contributed by atoms with Crippen molar-refractivity contribution < 1.29 is 24.6 Å². The van der Waals surface area contributed by atoms with Crippen molar-refractivity contribution in [1.82, 2.24) is 44.6 Å². The van der Waals surface area contributed by atoms with Gasteiger partial charge in [-0.3, -0.25) is 4.79 Å². The first-order valence-corrected chi connectivity index (χ1v) is 24.1. The molecule has 9 rings (SSSR count). The van der Waals surface area contributed by atoms with Gasteiger partial charge in [0.25, 0.3) is 0 Å². The molecule has 0 aliphatic rings. The van der Waals surface area contributed by atoms with E-state index in [1.807, 2.05) is 112 Å². The molecular weight excluding hydrogens is 891 g/mol. The van der Waals surface area contributed by atoms with Gasteiger partial charge in [0.1, 0.15) is 17.7 Å². The van der Waals surface area contributed by atoms with Crippen molar-refractivity contribution in [3.8, 4) is 45.0 Å². The molecule has 0 bridgehead atoms. The number of nitrogens with one attached hydrogen (secondary N) is 1. The lowest BCUT2D eigenvalue weighted by atomic mass is 9.97. The molecule has 3 heterocycles. The van der Waals surface area contributed by atoms with Crippen molar-refractivity contribution in [2.24, 2.45) is 13.0 Å². The summed E-state index contributed by atoms with van der Waals surface area (Å²) in [5.74, 6) is 0.300. The van der Waals surface area contributed by atoms with Crippen LogP contribution in [0.15, 0.2) is 133 Å². The first kappa shape index (κ1) is 49.2. The molecule has 1 atom stereocenters. The summed E-state index contributed by atoms with van der Waals surface area (Å²) in [7, 11) is 2.06. The van der Waals surface area contributed by atoms with Crippen LogP contribution in [0.25, 0.3) is 67.1 Å². The fourth-order valence-corrected chi connectivity index (χ4v) is 9.24. The van der Waals surface area contributed by atoms with E-state index in [0.717, 1.165) is 109 Å². The van der Waals surface area contributed by atoms with Gasteiger partial charge in [0.05, 0.1) is 27.6 Å². The summed E-state index contributed by atoms with van der Waals surface area (Å²) < 4.78 is 4.47. The summed E-state index contributed by atoms with van der Waals surface area (Å²) in [5, 5.41) is 33.6. The highest BCUT2D eigenvalue weighted by Gasteiger charge is 2.32. The predicted molar refractivity (Wildman–Crippen MR) is 277 cm³/mol. The zero-order valence-corrected chi connectivity index (χ0v) is 41.0. The average Bonchev–Trinajstić information content (AvgIpc) is 4.12. The fourth-order valence-electron chi connectivity index (χ4n) is 9.24. The first-order valence-electron chi connectivity index (χ1n) is 24.1. The topological polar surface area (TPSA) is 185 Å². The molecule has 0 radical (unpaired) electrons. The van der Waals surface area contributed by atoms with Crippen LogP contribution in [0.4, 0.5) is 0 Å². The molecule has 0 spiro atoms. The Bertz CT molecular complexity index is 3300. The largest absolute Gasteiger partial charge is 0.480 e. The van der Waals surface area contributed by atoms with Gasteiger partial charge in [-0.1, -0.05) is 137 Å². The molecular formula is C57H59N9O5. The number of carboxylic acids is 2. The van der Waals surface area contributed by atoms with Gasteiger partial charge in [0, 0.05) is 44.1 Å². The van der Waals surface area contributed by atoms with Crippen molar-refractivity contribution in [3.05, 3.63) is 162 Å². The fraction of sp³-hybridized carbons (Fsp3) is 0.263. The highest BCUT2D eigenvalue weighted by Crippen LogP contribution is 2.33. The Morgan fingerprint density at radius 3 is 2.00 bits per heavy atom. The van der Waals surface area contributed by atoms with E-state index in [1.165, 1.54) is 4.90 Å². The number of hydrogen-bond donors (Lipinski definition) is 3. The molecule has 0 fully saturated rings. The van der Waals surface area contributed by atoms with Crippen molar-refractivity contribution >= 4 is 39.9 Å². The standard InChI is InChI=1S/C33H30N4O2.C24H29N5O3/c1-4-9-30-35-31-21(2)18-24(32-34-27-12-7-8-13-28(27)36(32)3)19-29(31)37(30)20-22-14-16-23(17-15-22)25-10-5-6-11-26(25)33(38)39;1-4-5-10-21(30)29(22(16(2)3)24(31)32)15-17-11-13-18(14-12-17)19-8-6-7-9-20(19)23-25-27-28-26-23/h5-8,10-19H,4,9,20H2,1-3H3,(H,38,39);6-9,11-14,16,22H,4-5,10,15H2,1-3H3,(H,31,32)(H,25,26,27,28)/t;22-/m.0/s1. The zero-order valence-electron chi connectivity index (χ0n) is 41.0. The lowest BCUT2D eigenvalue weighted by molar-refractivity contribution is -0.153. The highest BCUT2D eigenvalue weighted by molar-refractivity contribution is 5.96. The third kappa shape index (κ3) is 10.8. The second-order valence-electron chi connectivity index (χ2n) is 18.2. The van der Waals surface area contributed by atoms with E-state index in [0.29, 0.717) is 24.4 Å². The lowest BCUT2D eigenvalue weighted by Gasteiger charge is -2.32. The third-order valence-electron chi connectivity index (χ3n) is 12.8. The van der Waals surface area contributed by atoms with Crippen LogP contribution in [-0.4, -0.2) is 78.7 Å². The molecule has 0 unspecified atom stereocenters. The van der Waals surface area contributed by atoms with Crippen LogP contribution < -0.4 is 0 Å². The zero-order chi connectivity index (χ0) is 50.2. The smallest absolute Gasteiger partial charge is 0.336 e. The maximum atomic E-state index is 12.9. The van der Waals surface area contributed by atoms with E-state index >= 15 is 0 Å². The Morgan fingerprint density at radius 1 is 0.718 bits per heavy atom. The molecule has 362 valence electrons. The molecule has 0 aliphatic heterocycles. The summed E-state index contributed by atoms with van der Waals surface area (Å²) in [6.07, 6.45) is 3.87. The summed E-state index contributed by atoms with van der Waals surface area (Å²) in [4.78, 5) is 48.0. The van der Waals surface area contributed by atoms with E-state index in [-0.39, 0.29) is 18.4 Å². The maximum absolute atomic E-state index is 12.9. The average molecular weight is 950 g/mol. The Morgan fingerprint density at radius 2 is 1.37 bits per heavy atom. The number of hydrogen-bond acceptors (Lipinski definition) is 8. The summed E-state index contributed by atoms with van der Waals surface area (Å²) in [6.45, 7) is 10.9. The van der Waals surface area contributed by atoms with Crippen LogP contribution in [0, 0.1) is 12.8 Å². The van der Waals surface area contributed by atoms with Gasteiger partial charge in [-0.2, -0.15) is 5.21 Å². The molecule has 14 heteroatoms. The van der Waals surface area contributed by atoms with Crippen LogP contribution >= 0.6 is 0 Å². The number of unbranched alkanes of at least 4 members (excludes halogenated alkanes) is 1. The number of nitrogens with zero attached hydrogens (tertiary/aromatic N) is 8. The molecule has 1 amide bonds. The predicted octanol–water partition coefficient (Wildman–Crippen LogP) is 11.4. The van der Waals surface area contributed by atoms with Crippen LogP contribution in [0.1, 0.15) is 86.3 Å². The number of H-pyrrole nitrogens is 1. The number of carbonyl (C=O) groups is 3.